The average Bonchev–Trinajstić information content (AvgIpc) is 2.99. The molecule has 2 fully saturated rings. The highest BCUT2D eigenvalue weighted by atomic mass is 16.5. The van der Waals surface area contributed by atoms with Crippen LogP contribution >= 0.6 is 0 Å². The Morgan fingerprint density at radius 1 is 1.50 bits per heavy atom. The van der Waals surface area contributed by atoms with Crippen molar-refractivity contribution in [1.29, 1.82) is 0 Å². The van der Waals surface area contributed by atoms with E-state index in [0.29, 0.717) is 18.0 Å². The van der Waals surface area contributed by atoms with Crippen LogP contribution in [0.2, 0.25) is 0 Å². The Hall–Kier alpha value is -1.29. The number of piperazine rings is 1. The van der Waals surface area contributed by atoms with E-state index in [2.05, 4.69) is 35.1 Å². The van der Waals surface area contributed by atoms with Crippen molar-refractivity contribution in [3.05, 3.63) is 18.5 Å². The number of nitrogens with zero attached hydrogens (tertiary/aromatic N) is 2. The van der Waals surface area contributed by atoms with Crippen molar-refractivity contribution in [2.45, 2.75) is 32.4 Å². The molecule has 0 aliphatic carbocycles. The summed E-state index contributed by atoms with van der Waals surface area (Å²) in [6.45, 7) is 7.26. The van der Waals surface area contributed by atoms with Crippen LogP contribution in [0.5, 0.6) is 5.75 Å². The van der Waals surface area contributed by atoms with Gasteiger partial charge in [-0.25, -0.2) is 0 Å². The maximum absolute atomic E-state index is 5.74. The zero-order valence-corrected chi connectivity index (χ0v) is 11.1. The van der Waals surface area contributed by atoms with Gasteiger partial charge in [-0.2, -0.15) is 0 Å². The molecule has 2 bridgehead atoms. The summed E-state index contributed by atoms with van der Waals surface area (Å²) < 4.78 is 5.74. The molecule has 2 saturated heterocycles. The minimum atomic E-state index is 0.542. The van der Waals surface area contributed by atoms with Gasteiger partial charge >= 0.3 is 0 Å². The molecule has 1 aromatic rings. The molecule has 2 atom stereocenters. The second kappa shape index (κ2) is 4.76. The molecule has 0 spiro atoms. The highest BCUT2D eigenvalue weighted by Gasteiger charge is 2.37. The van der Waals surface area contributed by atoms with Crippen LogP contribution in [0.1, 0.15) is 20.3 Å². The molecule has 4 nitrogen and oxygen atoms in total. The summed E-state index contributed by atoms with van der Waals surface area (Å²) in [5, 5.41) is 3.52. The third-order valence-electron chi connectivity index (χ3n) is 3.67. The van der Waals surface area contributed by atoms with Gasteiger partial charge in [-0.05, 0) is 12.3 Å². The van der Waals surface area contributed by atoms with E-state index in [1.807, 2.05) is 6.20 Å². The number of anilines is 1. The second-order valence-corrected chi connectivity index (χ2v) is 5.73. The molecule has 18 heavy (non-hydrogen) atoms. The Labute approximate surface area is 108 Å². The average molecular weight is 247 g/mol. The first-order valence-corrected chi connectivity index (χ1v) is 6.80. The molecule has 2 aliphatic rings. The number of fused-ring (bicyclic) bond motifs is 2. The second-order valence-electron chi connectivity index (χ2n) is 5.73. The van der Waals surface area contributed by atoms with Crippen molar-refractivity contribution in [2.75, 3.05) is 24.6 Å². The highest BCUT2D eigenvalue weighted by Crippen LogP contribution is 2.30. The van der Waals surface area contributed by atoms with Gasteiger partial charge in [0.15, 0.2) is 0 Å². The zero-order valence-electron chi connectivity index (χ0n) is 11.1. The lowest BCUT2D eigenvalue weighted by atomic mass is 10.2. The lowest BCUT2D eigenvalue weighted by Crippen LogP contribution is -2.43. The van der Waals surface area contributed by atoms with Crippen LogP contribution in [-0.4, -0.2) is 36.8 Å². The van der Waals surface area contributed by atoms with Gasteiger partial charge in [0.2, 0.25) is 0 Å². The minimum absolute atomic E-state index is 0.542. The van der Waals surface area contributed by atoms with Crippen molar-refractivity contribution < 1.29 is 4.74 Å². The van der Waals surface area contributed by atoms with E-state index >= 15 is 0 Å². The van der Waals surface area contributed by atoms with Crippen molar-refractivity contribution in [3.8, 4) is 5.75 Å². The molecule has 3 heterocycles. The molecule has 4 heteroatoms. The summed E-state index contributed by atoms with van der Waals surface area (Å²) in [5.74, 6) is 1.43. The zero-order chi connectivity index (χ0) is 12.5. The Morgan fingerprint density at radius 3 is 3.06 bits per heavy atom. The first kappa shape index (κ1) is 11.8. The van der Waals surface area contributed by atoms with Gasteiger partial charge in [-0.3, -0.25) is 4.98 Å². The molecule has 0 saturated carbocycles. The summed E-state index contributed by atoms with van der Waals surface area (Å²) in [6, 6.07) is 3.42. The minimum Gasteiger partial charge on any atom is -0.492 e. The normalized spacial score (nSPS) is 26.1. The number of nitrogens with one attached hydrogen (secondary N) is 1. The number of hydrogen-bond donors (Lipinski definition) is 1. The Bertz CT molecular complexity index is 421. The molecule has 98 valence electrons. The van der Waals surface area contributed by atoms with Gasteiger partial charge in [0, 0.05) is 31.2 Å². The van der Waals surface area contributed by atoms with E-state index in [-0.39, 0.29) is 0 Å². The van der Waals surface area contributed by atoms with E-state index in [0.717, 1.165) is 25.4 Å². The van der Waals surface area contributed by atoms with Gasteiger partial charge in [0.25, 0.3) is 0 Å². The topological polar surface area (TPSA) is 37.4 Å². The van der Waals surface area contributed by atoms with Gasteiger partial charge in [0.05, 0.1) is 24.7 Å². The predicted molar refractivity (Wildman–Crippen MR) is 72.1 cm³/mol. The number of ether oxygens (including phenoxy) is 1. The number of pyridine rings is 1. The third kappa shape index (κ3) is 2.29. The lowest BCUT2D eigenvalue weighted by molar-refractivity contribution is 0.270. The maximum Gasteiger partial charge on any atom is 0.139 e. The summed E-state index contributed by atoms with van der Waals surface area (Å²) >= 11 is 0. The van der Waals surface area contributed by atoms with Crippen LogP contribution in [0.3, 0.4) is 0 Å². The first-order valence-electron chi connectivity index (χ1n) is 6.80. The standard InChI is InChI=1S/C14H21N3O/c1-10(2)9-18-14-4-13(5-15-7-14)17-8-11-3-12(17)6-16-11/h4-5,7,10-12,16H,3,6,8-9H2,1-2H3/t11-,12-/m1/s1. The SMILES string of the molecule is CC(C)COc1cncc(N2C[C@H]3C[C@@H]2CN3)c1. The molecule has 1 N–H and O–H groups in total. The maximum atomic E-state index is 5.74. The van der Waals surface area contributed by atoms with E-state index < -0.39 is 0 Å². The molecule has 0 amide bonds. The van der Waals surface area contributed by atoms with Crippen molar-refractivity contribution in [2.24, 2.45) is 5.92 Å². The highest BCUT2D eigenvalue weighted by molar-refractivity contribution is 5.51. The molecular formula is C14H21N3O. The lowest BCUT2D eigenvalue weighted by Gasteiger charge is -2.29. The fourth-order valence-corrected chi connectivity index (χ4v) is 2.78. The van der Waals surface area contributed by atoms with Crippen molar-refractivity contribution >= 4 is 5.69 Å². The van der Waals surface area contributed by atoms with Crippen LogP contribution in [0.4, 0.5) is 5.69 Å². The molecule has 0 aromatic carbocycles. The summed E-state index contributed by atoms with van der Waals surface area (Å²) in [7, 11) is 0. The van der Waals surface area contributed by atoms with Gasteiger partial charge in [-0.1, -0.05) is 13.8 Å². The van der Waals surface area contributed by atoms with Crippen LogP contribution < -0.4 is 15.0 Å². The van der Waals surface area contributed by atoms with E-state index in [1.165, 1.54) is 12.1 Å². The fourth-order valence-electron chi connectivity index (χ4n) is 2.78. The molecule has 3 rings (SSSR count). The van der Waals surface area contributed by atoms with Crippen molar-refractivity contribution in [3.63, 3.8) is 0 Å². The fraction of sp³-hybridized carbons (Fsp3) is 0.643. The number of aromatic nitrogens is 1. The Balaban J connectivity index is 1.71. The quantitative estimate of drug-likeness (QED) is 0.878. The Morgan fingerprint density at radius 2 is 2.39 bits per heavy atom. The molecule has 0 unspecified atom stereocenters. The van der Waals surface area contributed by atoms with Gasteiger partial charge in [0.1, 0.15) is 5.75 Å². The smallest absolute Gasteiger partial charge is 0.139 e. The van der Waals surface area contributed by atoms with Gasteiger partial charge < -0.3 is 15.0 Å². The van der Waals surface area contributed by atoms with Crippen LogP contribution in [0.15, 0.2) is 18.5 Å². The van der Waals surface area contributed by atoms with E-state index in [1.54, 1.807) is 6.20 Å². The van der Waals surface area contributed by atoms with Crippen molar-refractivity contribution in [1.82, 2.24) is 10.3 Å². The number of hydrogen-bond acceptors (Lipinski definition) is 4. The predicted octanol–water partition coefficient (Wildman–Crippen LogP) is 1.67. The van der Waals surface area contributed by atoms with Crippen LogP contribution in [0, 0.1) is 5.92 Å². The molecule has 1 aromatic heterocycles. The molecule has 2 aliphatic heterocycles. The largest absolute Gasteiger partial charge is 0.492 e. The van der Waals surface area contributed by atoms with Gasteiger partial charge in [-0.15, -0.1) is 0 Å². The summed E-state index contributed by atoms with van der Waals surface area (Å²) in [6.07, 6.45) is 5.01. The molecule has 0 radical (unpaired) electrons. The van der Waals surface area contributed by atoms with Crippen LogP contribution in [0.25, 0.3) is 0 Å². The monoisotopic (exact) mass is 247 g/mol. The number of rotatable bonds is 4. The third-order valence-corrected chi connectivity index (χ3v) is 3.67. The summed E-state index contributed by atoms with van der Waals surface area (Å²) in [5.41, 5.74) is 1.20. The van der Waals surface area contributed by atoms with E-state index in [9.17, 15) is 0 Å². The Kier molecular flexibility index (Phi) is 3.12. The molecular weight excluding hydrogens is 226 g/mol. The first-order chi connectivity index (χ1) is 8.72. The van der Waals surface area contributed by atoms with Crippen LogP contribution in [-0.2, 0) is 0 Å². The summed E-state index contributed by atoms with van der Waals surface area (Å²) in [4.78, 5) is 6.76. The van der Waals surface area contributed by atoms with E-state index in [4.69, 9.17) is 4.74 Å².